The predicted molar refractivity (Wildman–Crippen MR) is 58.8 cm³/mol. The van der Waals surface area contributed by atoms with Gasteiger partial charge >= 0.3 is 0 Å². The van der Waals surface area contributed by atoms with Gasteiger partial charge in [0.05, 0.1) is 25.4 Å². The van der Waals surface area contributed by atoms with Crippen molar-refractivity contribution in [2.45, 2.75) is 25.5 Å². The zero-order chi connectivity index (χ0) is 10.7. The van der Waals surface area contributed by atoms with Gasteiger partial charge in [-0.3, -0.25) is 0 Å². The second-order valence-corrected chi connectivity index (χ2v) is 4.67. The number of likely N-dealkylation sites (tertiary alicyclic amines) is 1. The third-order valence-electron chi connectivity index (χ3n) is 3.54. The van der Waals surface area contributed by atoms with Gasteiger partial charge in [-0.25, -0.2) is 0 Å². The summed E-state index contributed by atoms with van der Waals surface area (Å²) >= 11 is 0. The molecule has 0 bridgehead atoms. The van der Waals surface area contributed by atoms with Crippen LogP contribution in [0.4, 0.5) is 0 Å². The minimum Gasteiger partial charge on any atom is -0.389 e. The van der Waals surface area contributed by atoms with Gasteiger partial charge in [0.1, 0.15) is 0 Å². The molecule has 0 spiro atoms. The van der Waals surface area contributed by atoms with E-state index in [2.05, 4.69) is 17.1 Å². The quantitative estimate of drug-likeness (QED) is 0.673. The second-order valence-electron chi connectivity index (χ2n) is 4.67. The van der Waals surface area contributed by atoms with E-state index in [9.17, 15) is 5.11 Å². The molecule has 2 aliphatic rings. The Morgan fingerprint density at radius 2 is 2.33 bits per heavy atom. The molecular formula is C11H22N2O2. The monoisotopic (exact) mass is 214 g/mol. The van der Waals surface area contributed by atoms with Crippen molar-refractivity contribution in [1.82, 2.24) is 10.2 Å². The summed E-state index contributed by atoms with van der Waals surface area (Å²) in [6.45, 7) is 7.96. The minimum atomic E-state index is -0.311. The van der Waals surface area contributed by atoms with Gasteiger partial charge in [-0.05, 0) is 32.0 Å². The maximum Gasteiger partial charge on any atom is 0.0948 e. The van der Waals surface area contributed by atoms with Crippen LogP contribution in [0.25, 0.3) is 0 Å². The number of rotatable bonds is 4. The molecule has 2 rings (SSSR count). The molecule has 2 N–H and O–H groups in total. The van der Waals surface area contributed by atoms with E-state index in [1.54, 1.807) is 0 Å². The van der Waals surface area contributed by atoms with E-state index in [-0.39, 0.29) is 12.1 Å². The molecule has 88 valence electrons. The number of aliphatic hydroxyl groups is 1. The van der Waals surface area contributed by atoms with E-state index in [1.165, 1.54) is 19.5 Å². The summed E-state index contributed by atoms with van der Waals surface area (Å²) in [4.78, 5) is 2.48. The van der Waals surface area contributed by atoms with Gasteiger partial charge < -0.3 is 20.1 Å². The van der Waals surface area contributed by atoms with Crippen molar-refractivity contribution < 1.29 is 9.84 Å². The van der Waals surface area contributed by atoms with Gasteiger partial charge in [0, 0.05) is 6.54 Å². The summed E-state index contributed by atoms with van der Waals surface area (Å²) in [6, 6.07) is 0.153. The first-order valence-corrected chi connectivity index (χ1v) is 6.01. The van der Waals surface area contributed by atoms with Gasteiger partial charge in [-0.15, -0.1) is 0 Å². The largest absolute Gasteiger partial charge is 0.389 e. The van der Waals surface area contributed by atoms with Crippen LogP contribution in [0.5, 0.6) is 0 Å². The smallest absolute Gasteiger partial charge is 0.0948 e. The molecule has 3 unspecified atom stereocenters. The van der Waals surface area contributed by atoms with Crippen molar-refractivity contribution in [3.05, 3.63) is 0 Å². The van der Waals surface area contributed by atoms with Gasteiger partial charge in [-0.1, -0.05) is 6.92 Å². The Kier molecular flexibility index (Phi) is 3.97. The molecule has 0 aromatic heterocycles. The Bertz CT molecular complexity index is 201. The van der Waals surface area contributed by atoms with Crippen LogP contribution >= 0.6 is 0 Å². The minimum absolute atomic E-state index is 0.153. The molecule has 0 aliphatic carbocycles. The fraction of sp³-hybridized carbons (Fsp3) is 1.00. The lowest BCUT2D eigenvalue weighted by Crippen LogP contribution is -2.41. The fourth-order valence-electron chi connectivity index (χ4n) is 2.42. The number of nitrogens with one attached hydrogen (secondary N) is 1. The summed E-state index contributed by atoms with van der Waals surface area (Å²) in [6.07, 6.45) is 0.971. The van der Waals surface area contributed by atoms with E-state index < -0.39 is 0 Å². The van der Waals surface area contributed by atoms with Crippen molar-refractivity contribution in [2.24, 2.45) is 5.92 Å². The van der Waals surface area contributed by atoms with Crippen LogP contribution in [0.15, 0.2) is 0 Å². The normalized spacial score (nSPS) is 37.6. The van der Waals surface area contributed by atoms with Crippen LogP contribution in [0.2, 0.25) is 0 Å². The highest BCUT2D eigenvalue weighted by molar-refractivity contribution is 4.83. The molecule has 3 atom stereocenters. The van der Waals surface area contributed by atoms with Gasteiger partial charge in [-0.2, -0.15) is 0 Å². The first-order valence-electron chi connectivity index (χ1n) is 6.01. The molecule has 0 aromatic carbocycles. The molecule has 2 heterocycles. The van der Waals surface area contributed by atoms with Gasteiger partial charge in [0.2, 0.25) is 0 Å². The topological polar surface area (TPSA) is 44.7 Å². The molecule has 4 heteroatoms. The molecule has 0 amide bonds. The average Bonchev–Trinajstić information content (AvgIpc) is 2.84. The molecule has 15 heavy (non-hydrogen) atoms. The summed E-state index contributed by atoms with van der Waals surface area (Å²) in [7, 11) is 0. The first-order chi connectivity index (χ1) is 7.29. The molecule has 2 saturated heterocycles. The lowest BCUT2D eigenvalue weighted by molar-refractivity contribution is 0.122. The predicted octanol–water partition coefficient (Wildman–Crippen LogP) is -0.322. The third-order valence-corrected chi connectivity index (χ3v) is 3.54. The number of aliphatic hydroxyl groups excluding tert-OH is 1. The number of hydrogen-bond donors (Lipinski definition) is 2. The van der Waals surface area contributed by atoms with Crippen LogP contribution in [-0.2, 0) is 4.74 Å². The maximum atomic E-state index is 9.56. The highest BCUT2D eigenvalue weighted by atomic mass is 16.5. The Morgan fingerprint density at radius 1 is 1.47 bits per heavy atom. The Morgan fingerprint density at radius 3 is 2.93 bits per heavy atom. The summed E-state index contributed by atoms with van der Waals surface area (Å²) in [5, 5.41) is 13.0. The van der Waals surface area contributed by atoms with E-state index in [4.69, 9.17) is 4.74 Å². The van der Waals surface area contributed by atoms with E-state index in [0.29, 0.717) is 13.2 Å². The Hall–Kier alpha value is -0.160. The SMILES string of the molecule is CCN1CCC(CNC2COCC2O)C1. The highest BCUT2D eigenvalue weighted by Crippen LogP contribution is 2.15. The van der Waals surface area contributed by atoms with Crippen molar-refractivity contribution in [1.29, 1.82) is 0 Å². The van der Waals surface area contributed by atoms with Crippen LogP contribution in [0, 0.1) is 5.92 Å². The van der Waals surface area contributed by atoms with Crippen LogP contribution in [0.1, 0.15) is 13.3 Å². The summed E-state index contributed by atoms with van der Waals surface area (Å²) in [5.41, 5.74) is 0. The molecule has 0 radical (unpaired) electrons. The molecule has 2 aliphatic heterocycles. The lowest BCUT2D eigenvalue weighted by atomic mass is 10.1. The molecule has 2 fully saturated rings. The second kappa shape index (κ2) is 5.25. The third kappa shape index (κ3) is 2.91. The zero-order valence-electron chi connectivity index (χ0n) is 9.48. The molecule has 0 saturated carbocycles. The molecule has 0 aromatic rings. The molecule has 4 nitrogen and oxygen atoms in total. The van der Waals surface area contributed by atoms with Crippen molar-refractivity contribution >= 4 is 0 Å². The van der Waals surface area contributed by atoms with Crippen molar-refractivity contribution in [2.75, 3.05) is 39.4 Å². The van der Waals surface area contributed by atoms with Gasteiger partial charge in [0.15, 0.2) is 0 Å². The van der Waals surface area contributed by atoms with E-state index >= 15 is 0 Å². The number of nitrogens with zero attached hydrogens (tertiary/aromatic N) is 1. The van der Waals surface area contributed by atoms with Crippen LogP contribution < -0.4 is 5.32 Å². The fourth-order valence-corrected chi connectivity index (χ4v) is 2.42. The Balaban J connectivity index is 1.66. The average molecular weight is 214 g/mol. The van der Waals surface area contributed by atoms with Gasteiger partial charge in [0.25, 0.3) is 0 Å². The van der Waals surface area contributed by atoms with Crippen LogP contribution in [0.3, 0.4) is 0 Å². The summed E-state index contributed by atoms with van der Waals surface area (Å²) in [5.74, 6) is 0.748. The molecular weight excluding hydrogens is 192 g/mol. The standard InChI is InChI=1S/C11H22N2O2/c1-2-13-4-3-9(6-13)5-12-10-7-15-8-11(10)14/h9-12,14H,2-8H2,1H3. The van der Waals surface area contributed by atoms with Crippen LogP contribution in [-0.4, -0.2) is 61.5 Å². The Labute approximate surface area is 91.6 Å². The van der Waals surface area contributed by atoms with Crippen molar-refractivity contribution in [3.8, 4) is 0 Å². The maximum absolute atomic E-state index is 9.56. The summed E-state index contributed by atoms with van der Waals surface area (Å²) < 4.78 is 5.20. The number of hydrogen-bond acceptors (Lipinski definition) is 4. The highest BCUT2D eigenvalue weighted by Gasteiger charge is 2.27. The van der Waals surface area contributed by atoms with E-state index in [0.717, 1.165) is 19.0 Å². The zero-order valence-corrected chi connectivity index (χ0v) is 9.48. The lowest BCUT2D eigenvalue weighted by Gasteiger charge is -2.18. The van der Waals surface area contributed by atoms with E-state index in [1.807, 2.05) is 0 Å². The first kappa shape index (κ1) is 11.3. The number of ether oxygens (including phenoxy) is 1. The van der Waals surface area contributed by atoms with Crippen molar-refractivity contribution in [3.63, 3.8) is 0 Å².